The van der Waals surface area contributed by atoms with Crippen LogP contribution in [0.25, 0.3) is 0 Å². The van der Waals surface area contributed by atoms with Crippen LogP contribution in [0.3, 0.4) is 0 Å². The second kappa shape index (κ2) is 11.5. The molecule has 0 atom stereocenters. The van der Waals surface area contributed by atoms with Gasteiger partial charge in [0, 0.05) is 36.2 Å². The minimum Gasteiger partial charge on any atom is -0.393 e. The van der Waals surface area contributed by atoms with E-state index >= 15 is 0 Å². The van der Waals surface area contributed by atoms with E-state index in [9.17, 15) is 5.11 Å². The van der Waals surface area contributed by atoms with Gasteiger partial charge in [-0.2, -0.15) is 4.98 Å². The monoisotopic (exact) mass is 506 g/mol. The van der Waals surface area contributed by atoms with Crippen molar-refractivity contribution in [3.63, 3.8) is 0 Å². The van der Waals surface area contributed by atoms with Crippen molar-refractivity contribution in [3.05, 3.63) is 70.6 Å². The summed E-state index contributed by atoms with van der Waals surface area (Å²) in [4.78, 5) is 16.2. The summed E-state index contributed by atoms with van der Waals surface area (Å²) in [5.41, 5.74) is 4.67. The molecule has 190 valence electrons. The van der Waals surface area contributed by atoms with Gasteiger partial charge in [0.05, 0.1) is 6.10 Å². The van der Waals surface area contributed by atoms with E-state index in [4.69, 9.17) is 16.6 Å². The van der Waals surface area contributed by atoms with Gasteiger partial charge in [-0.15, -0.1) is 0 Å². The fourth-order valence-electron chi connectivity index (χ4n) is 5.24. The third-order valence-electron chi connectivity index (χ3n) is 7.39. The van der Waals surface area contributed by atoms with Crippen LogP contribution in [-0.2, 0) is 6.54 Å². The van der Waals surface area contributed by atoms with Crippen molar-refractivity contribution in [1.82, 2.24) is 19.9 Å². The van der Waals surface area contributed by atoms with E-state index in [1.807, 2.05) is 12.3 Å². The predicted molar refractivity (Wildman–Crippen MR) is 145 cm³/mol. The zero-order chi connectivity index (χ0) is 24.9. The highest BCUT2D eigenvalue weighted by Gasteiger charge is 2.26. The van der Waals surface area contributed by atoms with E-state index in [-0.39, 0.29) is 6.10 Å². The van der Waals surface area contributed by atoms with Crippen LogP contribution in [0, 0.1) is 6.92 Å². The number of halogens is 1. The topological polar surface area (TPSA) is 86.2 Å². The van der Waals surface area contributed by atoms with Gasteiger partial charge in [-0.25, -0.2) is 9.97 Å². The summed E-state index contributed by atoms with van der Waals surface area (Å²) in [6.45, 7) is 5.24. The number of likely N-dealkylation sites (tertiary alicyclic amines) is 1. The molecule has 1 aromatic carbocycles. The van der Waals surface area contributed by atoms with Gasteiger partial charge in [0.25, 0.3) is 0 Å². The zero-order valence-corrected chi connectivity index (χ0v) is 21.6. The highest BCUT2D eigenvalue weighted by Crippen LogP contribution is 2.34. The molecule has 0 unspecified atom stereocenters. The summed E-state index contributed by atoms with van der Waals surface area (Å²) in [5.74, 6) is 1.86. The third kappa shape index (κ3) is 6.52. The van der Waals surface area contributed by atoms with Gasteiger partial charge in [-0.05, 0) is 82.2 Å². The number of benzene rings is 1. The number of aliphatic hydroxyl groups excluding tert-OH is 1. The molecule has 3 aromatic rings. The Morgan fingerprint density at radius 3 is 2.47 bits per heavy atom. The number of hydrogen-bond donors (Lipinski definition) is 3. The molecular formula is C28H35ClN6O. The highest BCUT2D eigenvalue weighted by atomic mass is 35.5. The molecule has 8 heteroatoms. The highest BCUT2D eigenvalue weighted by molar-refractivity contribution is 6.29. The molecule has 0 radical (unpaired) electrons. The Kier molecular flexibility index (Phi) is 7.99. The summed E-state index contributed by atoms with van der Waals surface area (Å²) < 4.78 is 0. The second-order valence-corrected chi connectivity index (χ2v) is 10.6. The Labute approximate surface area is 218 Å². The largest absolute Gasteiger partial charge is 0.393 e. The summed E-state index contributed by atoms with van der Waals surface area (Å²) >= 11 is 6.05. The van der Waals surface area contributed by atoms with Gasteiger partial charge < -0.3 is 15.7 Å². The first-order chi connectivity index (χ1) is 17.5. The molecular weight excluding hydrogens is 472 g/mol. The lowest BCUT2D eigenvalue weighted by Gasteiger charge is -2.33. The Morgan fingerprint density at radius 1 is 1.00 bits per heavy atom. The predicted octanol–water partition coefficient (Wildman–Crippen LogP) is 5.67. The Morgan fingerprint density at radius 2 is 1.75 bits per heavy atom. The van der Waals surface area contributed by atoms with Crippen molar-refractivity contribution >= 4 is 29.1 Å². The molecule has 0 bridgehead atoms. The minimum atomic E-state index is -0.181. The maximum atomic E-state index is 9.94. The van der Waals surface area contributed by atoms with Gasteiger partial charge in [0.1, 0.15) is 11.0 Å². The first kappa shape index (κ1) is 24.9. The van der Waals surface area contributed by atoms with Crippen LogP contribution in [0.1, 0.15) is 61.1 Å². The van der Waals surface area contributed by atoms with E-state index in [0.29, 0.717) is 23.1 Å². The lowest BCUT2D eigenvalue weighted by molar-refractivity contribution is 0.126. The fourth-order valence-corrected chi connectivity index (χ4v) is 5.42. The summed E-state index contributed by atoms with van der Waals surface area (Å²) in [6.07, 6.45) is 9.19. The van der Waals surface area contributed by atoms with E-state index in [0.717, 1.165) is 69.7 Å². The molecule has 3 N–H and O–H groups in total. The van der Waals surface area contributed by atoms with Crippen LogP contribution < -0.4 is 10.6 Å². The number of aromatic nitrogens is 3. The van der Waals surface area contributed by atoms with Crippen LogP contribution in [0.4, 0.5) is 17.5 Å². The molecule has 36 heavy (non-hydrogen) atoms. The molecule has 1 saturated heterocycles. The molecule has 0 amide bonds. The van der Waals surface area contributed by atoms with Crippen LogP contribution >= 0.6 is 11.6 Å². The standard InChI is InChI=1S/C28H35ClN6O/c1-19-2-4-20(5-3-19)18-35-14-11-21(12-15-35)25-17-31-28(33-23-10-13-30-26(29)16-23)34-27(25)32-22-6-8-24(36)9-7-22/h2-5,10,13,16-17,21-22,24,36H,6-9,11-12,14-15,18H2,1H3,(H2,30,31,32,33,34). The van der Waals surface area contributed by atoms with Crippen molar-refractivity contribution in [3.8, 4) is 0 Å². The molecule has 2 aliphatic rings. The number of hydrogen-bond acceptors (Lipinski definition) is 7. The van der Waals surface area contributed by atoms with Crippen LogP contribution in [0.5, 0.6) is 0 Å². The van der Waals surface area contributed by atoms with Gasteiger partial charge >= 0.3 is 0 Å². The second-order valence-electron chi connectivity index (χ2n) is 10.2. The van der Waals surface area contributed by atoms with E-state index in [1.54, 1.807) is 12.3 Å². The molecule has 0 spiro atoms. The van der Waals surface area contributed by atoms with Crippen LogP contribution in [-0.4, -0.2) is 50.2 Å². The maximum absolute atomic E-state index is 9.94. The van der Waals surface area contributed by atoms with E-state index in [2.05, 4.69) is 56.7 Å². The normalized spacial score (nSPS) is 21.3. The molecule has 1 saturated carbocycles. The smallest absolute Gasteiger partial charge is 0.229 e. The number of aliphatic hydroxyl groups is 1. The average Bonchev–Trinajstić information content (AvgIpc) is 2.88. The van der Waals surface area contributed by atoms with E-state index in [1.165, 1.54) is 16.7 Å². The van der Waals surface area contributed by atoms with Crippen molar-refractivity contribution in [1.29, 1.82) is 0 Å². The number of piperidine rings is 1. The van der Waals surface area contributed by atoms with Gasteiger partial charge in [0.15, 0.2) is 0 Å². The summed E-state index contributed by atoms with van der Waals surface area (Å²) in [7, 11) is 0. The Bertz CT molecular complexity index is 1140. The van der Waals surface area contributed by atoms with Gasteiger partial charge in [-0.3, -0.25) is 4.90 Å². The summed E-state index contributed by atoms with van der Waals surface area (Å²) in [6, 6.07) is 12.8. The molecule has 1 aliphatic carbocycles. The van der Waals surface area contributed by atoms with Crippen molar-refractivity contribution in [2.45, 2.75) is 70.1 Å². The molecule has 3 heterocycles. The van der Waals surface area contributed by atoms with E-state index < -0.39 is 0 Å². The molecule has 7 nitrogen and oxygen atoms in total. The number of nitrogens with zero attached hydrogens (tertiary/aromatic N) is 4. The molecule has 1 aliphatic heterocycles. The Balaban J connectivity index is 1.29. The zero-order valence-electron chi connectivity index (χ0n) is 20.8. The van der Waals surface area contributed by atoms with Gasteiger partial charge in [0.2, 0.25) is 5.95 Å². The van der Waals surface area contributed by atoms with Crippen LogP contribution in [0.15, 0.2) is 48.8 Å². The fraction of sp³-hybridized carbons (Fsp3) is 0.464. The first-order valence-corrected chi connectivity index (χ1v) is 13.4. The van der Waals surface area contributed by atoms with Gasteiger partial charge in [-0.1, -0.05) is 41.4 Å². The number of rotatable bonds is 7. The maximum Gasteiger partial charge on any atom is 0.229 e. The Hall–Kier alpha value is -2.74. The minimum absolute atomic E-state index is 0.181. The van der Waals surface area contributed by atoms with Crippen molar-refractivity contribution in [2.24, 2.45) is 0 Å². The lowest BCUT2D eigenvalue weighted by atomic mass is 9.89. The number of aryl methyl sites for hydroxylation is 1. The van der Waals surface area contributed by atoms with Crippen LogP contribution in [0.2, 0.25) is 5.15 Å². The molecule has 2 aromatic heterocycles. The quantitative estimate of drug-likeness (QED) is 0.356. The average molecular weight is 507 g/mol. The molecule has 2 fully saturated rings. The number of nitrogens with one attached hydrogen (secondary N) is 2. The van der Waals surface area contributed by atoms with Crippen molar-refractivity contribution in [2.75, 3.05) is 23.7 Å². The molecule has 5 rings (SSSR count). The SMILES string of the molecule is Cc1ccc(CN2CCC(c3cnc(Nc4ccnc(Cl)c4)nc3NC3CCC(O)CC3)CC2)cc1. The lowest BCUT2D eigenvalue weighted by Crippen LogP contribution is -2.33. The third-order valence-corrected chi connectivity index (χ3v) is 7.60. The number of pyridine rings is 1. The van der Waals surface area contributed by atoms with Crippen molar-refractivity contribution < 1.29 is 5.11 Å². The first-order valence-electron chi connectivity index (χ1n) is 13.0. The summed E-state index contributed by atoms with van der Waals surface area (Å²) in [5, 5.41) is 17.3. The number of anilines is 3.